The number of benzene rings is 3. The van der Waals surface area contributed by atoms with Gasteiger partial charge in [-0.1, -0.05) is 39.7 Å². The van der Waals surface area contributed by atoms with Gasteiger partial charge in [0.15, 0.2) is 5.75 Å². The lowest BCUT2D eigenvalue weighted by molar-refractivity contribution is -0.120. The third-order valence-corrected chi connectivity index (χ3v) is 6.47. The summed E-state index contributed by atoms with van der Waals surface area (Å²) in [5.41, 5.74) is 3.56. The molecule has 3 aromatic carbocycles. The molecule has 0 aliphatic carbocycles. The normalized spacial score (nSPS) is 10.7. The lowest BCUT2D eigenvalue weighted by Gasteiger charge is -2.11. The molecule has 0 bridgehead atoms. The van der Waals surface area contributed by atoms with Gasteiger partial charge in [-0.2, -0.15) is 5.10 Å². The Morgan fingerprint density at radius 1 is 1.06 bits per heavy atom. The van der Waals surface area contributed by atoms with E-state index in [2.05, 4.69) is 70.3 Å². The van der Waals surface area contributed by atoms with Gasteiger partial charge in [-0.05, 0) is 87.1 Å². The first kappa shape index (κ1) is 26.3. The minimum atomic E-state index is -0.537. The Kier molecular flexibility index (Phi) is 9.63. The van der Waals surface area contributed by atoms with E-state index in [1.54, 1.807) is 54.6 Å². The van der Waals surface area contributed by atoms with Crippen LogP contribution in [-0.4, -0.2) is 30.5 Å². The fourth-order valence-electron chi connectivity index (χ4n) is 2.64. The van der Waals surface area contributed by atoms with Crippen molar-refractivity contribution >= 4 is 90.0 Å². The van der Waals surface area contributed by atoms with E-state index in [9.17, 15) is 14.4 Å². The number of hydrogen-bond acceptors (Lipinski definition) is 5. The third kappa shape index (κ3) is 7.36. The van der Waals surface area contributed by atoms with E-state index in [1.165, 1.54) is 6.21 Å². The van der Waals surface area contributed by atoms with Crippen LogP contribution in [0.25, 0.3) is 0 Å². The number of amides is 2. The predicted molar refractivity (Wildman–Crippen MR) is 145 cm³/mol. The van der Waals surface area contributed by atoms with Crippen LogP contribution in [0, 0.1) is 3.57 Å². The highest BCUT2D eigenvalue weighted by atomic mass is 127. The van der Waals surface area contributed by atoms with E-state index in [0.29, 0.717) is 30.7 Å². The number of carbonyl (C=O) groups is 3. The quantitative estimate of drug-likeness (QED) is 0.110. The van der Waals surface area contributed by atoms with Gasteiger partial charge in [0, 0.05) is 24.2 Å². The van der Waals surface area contributed by atoms with E-state index in [-0.39, 0.29) is 12.3 Å². The SMILES string of the molecule is O=C(CNC(=O)c1ccc(Cl)cc1)N/N=C\c1cc(Br)cc(Br)c1OC(=O)c1ccccc1I. The zero-order chi connectivity index (χ0) is 24.7. The Labute approximate surface area is 230 Å². The second-order valence-electron chi connectivity index (χ2n) is 6.66. The van der Waals surface area contributed by atoms with Gasteiger partial charge in [-0.25, -0.2) is 10.2 Å². The highest BCUT2D eigenvalue weighted by molar-refractivity contribution is 14.1. The average molecular weight is 720 g/mol. The number of hydrazone groups is 1. The predicted octanol–water partition coefficient (Wildman–Crippen LogP) is 5.57. The largest absolute Gasteiger partial charge is 0.421 e. The zero-order valence-electron chi connectivity index (χ0n) is 17.2. The van der Waals surface area contributed by atoms with Crippen molar-refractivity contribution in [2.45, 2.75) is 0 Å². The summed E-state index contributed by atoms with van der Waals surface area (Å²) in [5, 5.41) is 6.92. The molecule has 0 atom stereocenters. The molecule has 0 radical (unpaired) electrons. The van der Waals surface area contributed by atoms with E-state index in [4.69, 9.17) is 16.3 Å². The summed E-state index contributed by atoms with van der Waals surface area (Å²) in [7, 11) is 0. The van der Waals surface area contributed by atoms with Crippen molar-refractivity contribution in [3.05, 3.63) is 94.9 Å². The van der Waals surface area contributed by atoms with Crippen molar-refractivity contribution in [3.8, 4) is 5.75 Å². The molecule has 174 valence electrons. The molecule has 0 aliphatic heterocycles. The number of ether oxygens (including phenoxy) is 1. The first-order valence-electron chi connectivity index (χ1n) is 9.56. The van der Waals surface area contributed by atoms with Crippen LogP contribution in [0.2, 0.25) is 5.02 Å². The summed E-state index contributed by atoms with van der Waals surface area (Å²) >= 11 is 14.6. The summed E-state index contributed by atoms with van der Waals surface area (Å²) in [6.07, 6.45) is 1.34. The number of rotatable bonds is 7. The molecular formula is C23H15Br2ClIN3O4. The fourth-order valence-corrected chi connectivity index (χ4v) is 4.71. The molecule has 0 aliphatic rings. The standard InChI is InChI=1S/C23H15Br2ClIN3O4/c24-15-9-14(21(18(25)10-15)34-23(33)17-3-1-2-4-19(17)27)11-29-30-20(31)12-28-22(32)13-5-7-16(26)8-6-13/h1-11H,12H2,(H,28,32)(H,30,31)/b29-11-. The lowest BCUT2D eigenvalue weighted by Crippen LogP contribution is -2.34. The van der Waals surface area contributed by atoms with Crippen molar-refractivity contribution in [1.29, 1.82) is 0 Å². The maximum atomic E-state index is 12.7. The van der Waals surface area contributed by atoms with Crippen molar-refractivity contribution in [2.24, 2.45) is 5.10 Å². The van der Waals surface area contributed by atoms with Crippen molar-refractivity contribution < 1.29 is 19.1 Å². The molecule has 0 aromatic heterocycles. The third-order valence-electron chi connectivity index (χ3n) is 4.23. The number of nitrogens with zero attached hydrogens (tertiary/aromatic N) is 1. The smallest absolute Gasteiger partial charge is 0.344 e. The van der Waals surface area contributed by atoms with Gasteiger partial charge in [-0.15, -0.1) is 0 Å². The first-order chi connectivity index (χ1) is 16.2. The zero-order valence-corrected chi connectivity index (χ0v) is 23.2. The van der Waals surface area contributed by atoms with E-state index in [1.807, 2.05) is 6.07 Å². The van der Waals surface area contributed by atoms with Crippen LogP contribution < -0.4 is 15.5 Å². The second-order valence-corrected chi connectivity index (χ2v) is 10.0. The van der Waals surface area contributed by atoms with Gasteiger partial charge >= 0.3 is 5.97 Å². The number of halogens is 4. The summed E-state index contributed by atoms with van der Waals surface area (Å²) in [6, 6.07) is 16.7. The Hall–Kier alpha value is -2.28. The molecule has 34 heavy (non-hydrogen) atoms. The lowest BCUT2D eigenvalue weighted by atomic mass is 10.2. The molecular weight excluding hydrogens is 704 g/mol. The van der Waals surface area contributed by atoms with Crippen LogP contribution in [0.4, 0.5) is 0 Å². The minimum Gasteiger partial charge on any atom is -0.421 e. The number of carbonyl (C=O) groups excluding carboxylic acids is 3. The summed E-state index contributed by atoms with van der Waals surface area (Å²) in [5.74, 6) is -1.25. The highest BCUT2D eigenvalue weighted by Crippen LogP contribution is 2.33. The molecule has 0 heterocycles. The molecule has 2 N–H and O–H groups in total. The van der Waals surface area contributed by atoms with Crippen molar-refractivity contribution in [3.63, 3.8) is 0 Å². The monoisotopic (exact) mass is 717 g/mol. The molecule has 3 rings (SSSR count). The maximum Gasteiger partial charge on any atom is 0.344 e. The van der Waals surface area contributed by atoms with Crippen LogP contribution in [0.5, 0.6) is 5.75 Å². The highest BCUT2D eigenvalue weighted by Gasteiger charge is 2.17. The molecule has 2 amide bonds. The fraction of sp³-hybridized carbons (Fsp3) is 0.0435. The van der Waals surface area contributed by atoms with Crippen molar-refractivity contribution in [2.75, 3.05) is 6.54 Å². The molecule has 0 saturated heterocycles. The van der Waals surface area contributed by atoms with E-state index < -0.39 is 17.8 Å². The molecule has 7 nitrogen and oxygen atoms in total. The van der Waals surface area contributed by atoms with E-state index >= 15 is 0 Å². The maximum absolute atomic E-state index is 12.7. The molecule has 0 saturated carbocycles. The van der Waals surface area contributed by atoms with Crippen LogP contribution in [0.15, 0.2) is 74.7 Å². The average Bonchev–Trinajstić information content (AvgIpc) is 2.80. The molecule has 11 heteroatoms. The number of esters is 1. The summed E-state index contributed by atoms with van der Waals surface area (Å²) in [6.45, 7) is -0.282. The Balaban J connectivity index is 1.65. The topological polar surface area (TPSA) is 96.9 Å². The van der Waals surface area contributed by atoms with Crippen molar-refractivity contribution in [1.82, 2.24) is 10.7 Å². The van der Waals surface area contributed by atoms with Gasteiger partial charge in [0.2, 0.25) is 0 Å². The molecule has 0 unspecified atom stereocenters. The van der Waals surface area contributed by atoms with Crippen LogP contribution >= 0.6 is 66.1 Å². The second kappa shape index (κ2) is 12.4. The van der Waals surface area contributed by atoms with Gasteiger partial charge in [0.05, 0.1) is 22.8 Å². The Morgan fingerprint density at radius 3 is 2.47 bits per heavy atom. The van der Waals surface area contributed by atoms with E-state index in [0.717, 1.165) is 3.57 Å². The van der Waals surface area contributed by atoms with Gasteiger partial charge < -0.3 is 10.1 Å². The molecule has 3 aromatic rings. The first-order valence-corrected chi connectivity index (χ1v) is 12.6. The molecule has 0 spiro atoms. The Morgan fingerprint density at radius 2 is 1.76 bits per heavy atom. The van der Waals surface area contributed by atoms with Crippen LogP contribution in [0.3, 0.4) is 0 Å². The molecule has 0 fully saturated rings. The van der Waals surface area contributed by atoms with Gasteiger partial charge in [-0.3, -0.25) is 9.59 Å². The minimum absolute atomic E-state index is 0.238. The summed E-state index contributed by atoms with van der Waals surface area (Å²) in [4.78, 5) is 36.8. The van der Waals surface area contributed by atoms with Crippen LogP contribution in [0.1, 0.15) is 26.3 Å². The van der Waals surface area contributed by atoms with Gasteiger partial charge in [0.25, 0.3) is 11.8 Å². The Bertz CT molecular complexity index is 1270. The number of nitrogens with one attached hydrogen (secondary N) is 2. The van der Waals surface area contributed by atoms with Crippen LogP contribution in [-0.2, 0) is 4.79 Å². The number of hydrogen-bond donors (Lipinski definition) is 2. The van der Waals surface area contributed by atoms with Gasteiger partial charge in [0.1, 0.15) is 0 Å². The summed E-state index contributed by atoms with van der Waals surface area (Å²) < 4.78 is 7.58.